The average molecular weight is 365 g/mol. The van der Waals surface area contributed by atoms with E-state index in [0.29, 0.717) is 18.7 Å². The zero-order valence-corrected chi connectivity index (χ0v) is 14.9. The second-order valence-corrected chi connectivity index (χ2v) is 6.19. The number of rotatable bonds is 4. The molecule has 1 aromatic rings. The van der Waals surface area contributed by atoms with Crippen LogP contribution in [0.3, 0.4) is 0 Å². The fourth-order valence-corrected chi connectivity index (χ4v) is 2.84. The van der Waals surface area contributed by atoms with Crippen LogP contribution in [0.4, 0.5) is 5.69 Å². The molecule has 1 fully saturated rings. The first-order valence-electron chi connectivity index (χ1n) is 7.50. The molecular weight excluding hydrogens is 346 g/mol. The Morgan fingerprint density at radius 1 is 1.40 bits per heavy atom. The molecule has 0 N–H and O–H groups in total. The highest BCUT2D eigenvalue weighted by Crippen LogP contribution is 2.27. The second-order valence-electron chi connectivity index (χ2n) is 5.71. The summed E-state index contributed by atoms with van der Waals surface area (Å²) in [6.07, 6.45) is 0. The number of carbonyl (C=O) groups is 2. The van der Waals surface area contributed by atoms with Gasteiger partial charge in [-0.3, -0.25) is 24.6 Å². The van der Waals surface area contributed by atoms with Crippen molar-refractivity contribution in [2.45, 2.75) is 10.9 Å². The molecule has 1 saturated heterocycles. The minimum absolute atomic E-state index is 0.129. The lowest BCUT2D eigenvalue weighted by atomic mass is 10.0. The van der Waals surface area contributed by atoms with Crippen LogP contribution in [0.5, 0.6) is 0 Å². The van der Waals surface area contributed by atoms with Crippen LogP contribution in [-0.4, -0.2) is 66.4 Å². The van der Waals surface area contributed by atoms with Gasteiger partial charge in [0.2, 0.25) is 0 Å². The summed E-state index contributed by atoms with van der Waals surface area (Å²) in [5, 5.41) is 11.0. The maximum atomic E-state index is 12.7. The zero-order valence-electron chi connectivity index (χ0n) is 14.0. The third-order valence-corrected chi connectivity index (χ3v) is 4.57. The van der Waals surface area contributed by atoms with Gasteiger partial charge in [-0.25, -0.2) is 0 Å². The van der Waals surface area contributed by atoms with Crippen molar-refractivity contribution in [3.05, 3.63) is 40.5 Å². The van der Waals surface area contributed by atoms with E-state index in [-0.39, 0.29) is 28.6 Å². The molecule has 9 heteroatoms. The fourth-order valence-electron chi connectivity index (χ4n) is 2.62. The van der Waals surface area contributed by atoms with Crippen molar-refractivity contribution in [3.8, 4) is 0 Å². The van der Waals surface area contributed by atoms with Crippen molar-refractivity contribution in [1.82, 2.24) is 9.80 Å². The number of ether oxygens (including phenoxy) is 1. The van der Waals surface area contributed by atoms with Crippen LogP contribution >= 0.6 is 12.6 Å². The van der Waals surface area contributed by atoms with Gasteiger partial charge in [-0.05, 0) is 18.7 Å². The van der Waals surface area contributed by atoms with E-state index in [1.54, 1.807) is 13.1 Å². The van der Waals surface area contributed by atoms with Crippen molar-refractivity contribution in [1.29, 1.82) is 0 Å². The minimum atomic E-state index is -0.563. The number of methoxy groups -OCH3 is 1. The number of thiol groups is 1. The van der Waals surface area contributed by atoms with E-state index in [9.17, 15) is 19.7 Å². The van der Waals surface area contributed by atoms with E-state index in [1.807, 2.05) is 4.90 Å². The summed E-state index contributed by atoms with van der Waals surface area (Å²) in [5.74, 6) is -0.788. The largest absolute Gasteiger partial charge is 0.468 e. The Balaban J connectivity index is 2.20. The van der Waals surface area contributed by atoms with Gasteiger partial charge in [0.1, 0.15) is 6.04 Å². The Bertz CT molecular complexity index is 736. The first kappa shape index (κ1) is 18.9. The Morgan fingerprint density at radius 2 is 2.08 bits per heavy atom. The molecule has 0 aromatic heterocycles. The smallest absolute Gasteiger partial charge is 0.324 e. The topological polar surface area (TPSA) is 93.0 Å². The quantitative estimate of drug-likeness (QED) is 0.283. The lowest BCUT2D eigenvalue weighted by molar-refractivity contribution is -0.387. The molecule has 1 aliphatic rings. The van der Waals surface area contributed by atoms with E-state index in [1.165, 1.54) is 24.1 Å². The number of carbonyl (C=O) groups excluding carboxylic acids is 2. The number of benzene rings is 1. The molecular formula is C16H19N3O5S. The molecule has 1 aromatic carbocycles. The average Bonchev–Trinajstić information content (AvgIpc) is 2.60. The van der Waals surface area contributed by atoms with Gasteiger partial charge in [0, 0.05) is 31.3 Å². The van der Waals surface area contributed by atoms with Crippen molar-refractivity contribution in [2.75, 3.05) is 33.8 Å². The van der Waals surface area contributed by atoms with Crippen molar-refractivity contribution >= 4 is 35.8 Å². The van der Waals surface area contributed by atoms with Crippen LogP contribution < -0.4 is 0 Å². The number of nitro benzene ring substituents is 1. The summed E-state index contributed by atoms with van der Waals surface area (Å²) in [7, 11) is 3.08. The molecule has 0 bridgehead atoms. The SMILES string of the molecule is C=C(C(=O)N1CCN(C)C(C(=O)OC)C1)c1ccc(S)c([N+](=O)[O-])c1. The number of amides is 1. The predicted octanol–water partition coefficient (Wildman–Crippen LogP) is 1.21. The molecule has 25 heavy (non-hydrogen) atoms. The highest BCUT2D eigenvalue weighted by molar-refractivity contribution is 7.80. The monoisotopic (exact) mass is 365 g/mol. The third kappa shape index (κ3) is 3.99. The zero-order chi connectivity index (χ0) is 18.7. The second kappa shape index (κ2) is 7.66. The molecule has 1 heterocycles. The van der Waals surface area contributed by atoms with Gasteiger partial charge in [-0.15, -0.1) is 12.6 Å². The Hall–Kier alpha value is -2.39. The number of piperazine rings is 1. The molecule has 0 spiro atoms. The number of nitro groups is 1. The van der Waals surface area contributed by atoms with Crippen LogP contribution in [0.25, 0.3) is 5.57 Å². The van der Waals surface area contributed by atoms with Crippen molar-refractivity contribution in [2.24, 2.45) is 0 Å². The lowest BCUT2D eigenvalue weighted by Crippen LogP contribution is -2.56. The summed E-state index contributed by atoms with van der Waals surface area (Å²) < 4.78 is 4.76. The number of likely N-dealkylation sites (N-methyl/N-ethyl adjacent to an activating group) is 1. The minimum Gasteiger partial charge on any atom is -0.468 e. The van der Waals surface area contributed by atoms with E-state index in [2.05, 4.69) is 19.2 Å². The number of hydrogen-bond acceptors (Lipinski definition) is 7. The molecule has 1 atom stereocenters. The van der Waals surface area contributed by atoms with Gasteiger partial charge in [0.05, 0.1) is 16.9 Å². The molecule has 134 valence electrons. The lowest BCUT2D eigenvalue weighted by Gasteiger charge is -2.38. The Labute approximate surface area is 150 Å². The van der Waals surface area contributed by atoms with Crippen LogP contribution in [0.1, 0.15) is 5.56 Å². The van der Waals surface area contributed by atoms with Crippen molar-refractivity contribution in [3.63, 3.8) is 0 Å². The number of nitrogens with zero attached hydrogens (tertiary/aromatic N) is 3. The van der Waals surface area contributed by atoms with Gasteiger partial charge in [-0.1, -0.05) is 12.6 Å². The van der Waals surface area contributed by atoms with Gasteiger partial charge >= 0.3 is 5.97 Å². The van der Waals surface area contributed by atoms with Gasteiger partial charge in [-0.2, -0.15) is 0 Å². The first-order valence-corrected chi connectivity index (χ1v) is 7.95. The molecule has 1 aliphatic heterocycles. The normalized spacial score (nSPS) is 17.9. The fraction of sp³-hybridized carbons (Fsp3) is 0.375. The molecule has 0 aliphatic carbocycles. The highest BCUT2D eigenvalue weighted by atomic mass is 32.1. The Kier molecular flexibility index (Phi) is 5.81. The third-order valence-electron chi connectivity index (χ3n) is 4.19. The number of hydrogen-bond donors (Lipinski definition) is 1. The summed E-state index contributed by atoms with van der Waals surface area (Å²) in [4.78, 5) is 38.5. The summed E-state index contributed by atoms with van der Waals surface area (Å²) in [6, 6.07) is 3.74. The highest BCUT2D eigenvalue weighted by Gasteiger charge is 2.33. The van der Waals surface area contributed by atoms with E-state index in [0.717, 1.165) is 0 Å². The summed E-state index contributed by atoms with van der Waals surface area (Å²) >= 11 is 4.04. The summed E-state index contributed by atoms with van der Waals surface area (Å²) in [6.45, 7) is 4.88. The van der Waals surface area contributed by atoms with Crippen molar-refractivity contribution < 1.29 is 19.2 Å². The first-order chi connectivity index (χ1) is 11.8. The van der Waals surface area contributed by atoms with Gasteiger partial charge < -0.3 is 9.64 Å². The van der Waals surface area contributed by atoms with Crippen LogP contribution in [0.15, 0.2) is 29.7 Å². The van der Waals surface area contributed by atoms with Crippen LogP contribution in [0.2, 0.25) is 0 Å². The molecule has 2 rings (SSSR count). The van der Waals surface area contributed by atoms with Gasteiger partial charge in [0.15, 0.2) is 0 Å². The Morgan fingerprint density at radius 3 is 2.68 bits per heavy atom. The van der Waals surface area contributed by atoms with E-state index < -0.39 is 16.9 Å². The molecule has 1 amide bonds. The molecule has 0 saturated carbocycles. The summed E-state index contributed by atoms with van der Waals surface area (Å²) in [5.41, 5.74) is 0.285. The maximum absolute atomic E-state index is 12.7. The molecule has 0 radical (unpaired) electrons. The van der Waals surface area contributed by atoms with E-state index in [4.69, 9.17) is 4.74 Å². The van der Waals surface area contributed by atoms with Crippen LogP contribution in [0, 0.1) is 10.1 Å². The van der Waals surface area contributed by atoms with Crippen LogP contribution in [-0.2, 0) is 14.3 Å². The maximum Gasteiger partial charge on any atom is 0.324 e. The number of esters is 1. The van der Waals surface area contributed by atoms with E-state index >= 15 is 0 Å². The molecule has 1 unspecified atom stereocenters. The standard InChI is InChI=1S/C16H19N3O5S/c1-10(11-4-5-14(25)12(8-11)19(22)23)15(20)18-7-6-17(2)13(9-18)16(21)24-3/h4-5,8,13,25H,1,6-7,9H2,2-3H3. The molecule has 8 nitrogen and oxygen atoms in total. The van der Waals surface area contributed by atoms with Gasteiger partial charge in [0.25, 0.3) is 11.6 Å². The predicted molar refractivity (Wildman–Crippen MR) is 94.4 cm³/mol.